The molecule has 0 amide bonds. The Morgan fingerprint density at radius 3 is 1.69 bits per heavy atom. The normalized spacial score (nSPS) is 11.6. The van der Waals surface area contributed by atoms with E-state index in [2.05, 4.69) is 181 Å². The number of hydrogen-bond acceptors (Lipinski definition) is 3. The number of rotatable bonds is 6. The summed E-state index contributed by atoms with van der Waals surface area (Å²) in [5.74, 6) is 0. The van der Waals surface area contributed by atoms with Gasteiger partial charge in [-0.1, -0.05) is 133 Å². The highest BCUT2D eigenvalue weighted by Gasteiger charge is 2.20. The van der Waals surface area contributed by atoms with Gasteiger partial charge in [-0.3, -0.25) is 0 Å². The lowest BCUT2D eigenvalue weighted by Crippen LogP contribution is -2.11. The molecule has 0 atom stereocenters. The topological polar surface area (TPSA) is 29.5 Å². The number of nitrogens with zero attached hydrogens (tertiary/aromatic N) is 1. The van der Waals surface area contributed by atoms with Gasteiger partial charge < -0.3 is 13.7 Å². The number of fused-ring (bicyclic) bond motifs is 7. The summed E-state index contributed by atoms with van der Waals surface area (Å²) >= 11 is 0. The fourth-order valence-electron chi connectivity index (χ4n) is 8.14. The van der Waals surface area contributed by atoms with Crippen LogP contribution in [0.25, 0.3) is 88.0 Å². The molecule has 0 unspecified atom stereocenters. The molecule has 0 aliphatic rings. The molecule has 0 saturated heterocycles. The van der Waals surface area contributed by atoms with Crippen molar-refractivity contribution >= 4 is 71.7 Å². The lowest BCUT2D eigenvalue weighted by atomic mass is 9.97. The minimum Gasteiger partial charge on any atom is -0.456 e. The largest absolute Gasteiger partial charge is 0.456 e. The number of anilines is 3. The summed E-state index contributed by atoms with van der Waals surface area (Å²) in [6.07, 6.45) is 0. The second-order valence-electron chi connectivity index (χ2n) is 14.1. The van der Waals surface area contributed by atoms with Crippen LogP contribution < -0.4 is 4.90 Å². The molecule has 3 nitrogen and oxygen atoms in total. The Morgan fingerprint density at radius 2 is 0.873 bits per heavy atom. The van der Waals surface area contributed by atoms with Crippen molar-refractivity contribution in [2.45, 2.75) is 0 Å². The summed E-state index contributed by atoms with van der Waals surface area (Å²) in [6.45, 7) is 0. The van der Waals surface area contributed by atoms with Gasteiger partial charge in [0.25, 0.3) is 0 Å². The van der Waals surface area contributed by atoms with Crippen LogP contribution in [0.2, 0.25) is 0 Å². The van der Waals surface area contributed by atoms with Gasteiger partial charge in [0.15, 0.2) is 0 Å². The van der Waals surface area contributed by atoms with Gasteiger partial charge in [0.1, 0.15) is 22.3 Å². The Balaban J connectivity index is 1.05. The van der Waals surface area contributed by atoms with E-state index in [1.54, 1.807) is 0 Å². The minimum absolute atomic E-state index is 0.855. The van der Waals surface area contributed by atoms with Crippen LogP contribution in [0.5, 0.6) is 0 Å². The summed E-state index contributed by atoms with van der Waals surface area (Å²) in [4.78, 5) is 2.35. The fourth-order valence-corrected chi connectivity index (χ4v) is 8.14. The Kier molecular flexibility index (Phi) is 7.17. The zero-order valence-corrected chi connectivity index (χ0v) is 29.8. The third kappa shape index (κ3) is 5.36. The third-order valence-electron chi connectivity index (χ3n) is 10.9. The first-order valence-corrected chi connectivity index (χ1v) is 18.7. The SMILES string of the molecule is c1cc(-c2ccc(-c3ccc4ccccc4c3)cc2)cc(N(c2ccc3c(c2)oc2ccccc23)c2ccccc2-c2ccc3oc4ccccc4c3c2)c1. The highest BCUT2D eigenvalue weighted by Crippen LogP contribution is 2.44. The van der Waals surface area contributed by atoms with Crippen LogP contribution in [0.4, 0.5) is 17.1 Å². The molecule has 11 aromatic rings. The summed E-state index contributed by atoms with van der Waals surface area (Å²) in [7, 11) is 0. The van der Waals surface area contributed by atoms with Crippen LogP contribution in [-0.2, 0) is 0 Å². The van der Waals surface area contributed by atoms with Crippen molar-refractivity contribution in [3.05, 3.63) is 200 Å². The van der Waals surface area contributed by atoms with Gasteiger partial charge in [-0.2, -0.15) is 0 Å². The Morgan fingerprint density at radius 1 is 0.291 bits per heavy atom. The van der Waals surface area contributed by atoms with Crippen molar-refractivity contribution in [3.63, 3.8) is 0 Å². The molecule has 11 rings (SSSR count). The standard InChI is InChI=1S/C52H33NO2/c1-2-11-37-30-39(25-24-34(37)10-1)36-22-20-35(21-23-36)38-12-9-13-41(31-38)53(42-27-28-46-44-15-4-7-18-49(44)55-52(46)33-42)48-17-6-3-14-43(48)40-26-29-51-47(32-40)45-16-5-8-19-50(45)54-51/h1-33H. The van der Waals surface area contributed by atoms with Gasteiger partial charge in [-0.15, -0.1) is 0 Å². The van der Waals surface area contributed by atoms with Crippen molar-refractivity contribution in [1.82, 2.24) is 0 Å². The lowest BCUT2D eigenvalue weighted by molar-refractivity contribution is 0.668. The van der Waals surface area contributed by atoms with E-state index in [0.29, 0.717) is 0 Å². The third-order valence-corrected chi connectivity index (χ3v) is 10.9. The van der Waals surface area contributed by atoms with Crippen LogP contribution in [0.3, 0.4) is 0 Å². The number of benzene rings is 9. The second kappa shape index (κ2) is 12.6. The monoisotopic (exact) mass is 703 g/mol. The Labute approximate surface area is 317 Å². The highest BCUT2D eigenvalue weighted by atomic mass is 16.3. The summed E-state index contributed by atoms with van der Waals surface area (Å²) < 4.78 is 12.6. The first-order valence-electron chi connectivity index (χ1n) is 18.7. The van der Waals surface area contributed by atoms with E-state index < -0.39 is 0 Å². The van der Waals surface area contributed by atoms with Gasteiger partial charge in [-0.05, 0) is 99.3 Å². The molecule has 0 fully saturated rings. The molecule has 0 saturated carbocycles. The van der Waals surface area contributed by atoms with E-state index in [-0.39, 0.29) is 0 Å². The van der Waals surface area contributed by atoms with Crippen molar-refractivity contribution in [2.75, 3.05) is 4.90 Å². The number of furan rings is 2. The summed E-state index contributed by atoms with van der Waals surface area (Å²) in [6, 6.07) is 71.2. The maximum Gasteiger partial charge on any atom is 0.137 e. The average Bonchev–Trinajstić information content (AvgIpc) is 3.82. The van der Waals surface area contributed by atoms with E-state index in [1.165, 1.54) is 21.9 Å². The second-order valence-corrected chi connectivity index (χ2v) is 14.1. The maximum atomic E-state index is 6.44. The van der Waals surface area contributed by atoms with Gasteiger partial charge in [-0.25, -0.2) is 0 Å². The molecule has 2 heterocycles. The molecule has 55 heavy (non-hydrogen) atoms. The van der Waals surface area contributed by atoms with E-state index in [0.717, 1.165) is 83.2 Å². The predicted octanol–water partition coefficient (Wildman–Crippen LogP) is 15.1. The van der Waals surface area contributed by atoms with Crippen LogP contribution in [0, 0.1) is 0 Å². The quantitative estimate of drug-likeness (QED) is 0.173. The Bertz CT molecular complexity index is 3220. The molecular formula is C52H33NO2. The number of hydrogen-bond donors (Lipinski definition) is 0. The van der Waals surface area contributed by atoms with Gasteiger partial charge in [0, 0.05) is 44.5 Å². The smallest absolute Gasteiger partial charge is 0.137 e. The molecule has 258 valence electrons. The molecular weight excluding hydrogens is 671 g/mol. The first-order chi connectivity index (χ1) is 27.2. The Hall–Kier alpha value is -7.36. The lowest BCUT2D eigenvalue weighted by Gasteiger charge is -2.28. The van der Waals surface area contributed by atoms with E-state index in [1.807, 2.05) is 24.3 Å². The first kappa shape index (κ1) is 31.2. The molecule has 0 radical (unpaired) electrons. The van der Waals surface area contributed by atoms with Gasteiger partial charge in [0.2, 0.25) is 0 Å². The molecule has 9 aromatic carbocycles. The van der Waals surface area contributed by atoms with Crippen LogP contribution >= 0.6 is 0 Å². The molecule has 0 spiro atoms. The minimum atomic E-state index is 0.855. The van der Waals surface area contributed by atoms with Crippen molar-refractivity contribution in [1.29, 1.82) is 0 Å². The summed E-state index contributed by atoms with van der Waals surface area (Å²) in [5.41, 5.74) is 13.6. The molecule has 0 bridgehead atoms. The molecule has 3 heteroatoms. The number of para-hydroxylation sites is 3. The van der Waals surface area contributed by atoms with E-state index >= 15 is 0 Å². The van der Waals surface area contributed by atoms with Crippen molar-refractivity contribution in [3.8, 4) is 33.4 Å². The van der Waals surface area contributed by atoms with E-state index in [9.17, 15) is 0 Å². The van der Waals surface area contributed by atoms with Gasteiger partial charge >= 0.3 is 0 Å². The van der Waals surface area contributed by atoms with Crippen LogP contribution in [0.15, 0.2) is 209 Å². The zero-order valence-electron chi connectivity index (χ0n) is 29.8. The molecule has 0 N–H and O–H groups in total. The molecule has 2 aromatic heterocycles. The average molecular weight is 704 g/mol. The molecule has 0 aliphatic carbocycles. The fraction of sp³-hybridized carbons (Fsp3) is 0. The van der Waals surface area contributed by atoms with Crippen molar-refractivity contribution < 1.29 is 8.83 Å². The predicted molar refractivity (Wildman–Crippen MR) is 229 cm³/mol. The molecule has 0 aliphatic heterocycles. The zero-order chi connectivity index (χ0) is 36.3. The van der Waals surface area contributed by atoms with Gasteiger partial charge in [0.05, 0.1) is 5.69 Å². The highest BCUT2D eigenvalue weighted by molar-refractivity contribution is 6.08. The van der Waals surface area contributed by atoms with Crippen LogP contribution in [0.1, 0.15) is 0 Å². The van der Waals surface area contributed by atoms with Crippen molar-refractivity contribution in [2.24, 2.45) is 0 Å². The van der Waals surface area contributed by atoms with Crippen LogP contribution in [-0.4, -0.2) is 0 Å². The maximum absolute atomic E-state index is 6.44. The summed E-state index contributed by atoms with van der Waals surface area (Å²) in [5, 5.41) is 6.93. The van der Waals surface area contributed by atoms with E-state index in [4.69, 9.17) is 8.83 Å².